The van der Waals surface area contributed by atoms with Gasteiger partial charge < -0.3 is 15.1 Å². The quantitative estimate of drug-likeness (QED) is 0.845. The number of furan rings is 1. The molecule has 3 heterocycles. The van der Waals surface area contributed by atoms with Gasteiger partial charge in [0.15, 0.2) is 0 Å². The lowest BCUT2D eigenvalue weighted by Gasteiger charge is -2.33. The van der Waals surface area contributed by atoms with Crippen molar-refractivity contribution < 1.29 is 9.21 Å². The Labute approximate surface area is 148 Å². The van der Waals surface area contributed by atoms with Gasteiger partial charge in [-0.3, -0.25) is 9.88 Å². The van der Waals surface area contributed by atoms with Crippen LogP contribution in [-0.4, -0.2) is 35.5 Å². The van der Waals surface area contributed by atoms with E-state index in [0.717, 1.165) is 24.4 Å². The molecule has 2 N–H and O–H groups in total. The number of amides is 2. The van der Waals surface area contributed by atoms with Crippen molar-refractivity contribution in [3.05, 3.63) is 54.2 Å². The Morgan fingerprint density at radius 3 is 2.68 bits per heavy atom. The highest BCUT2D eigenvalue weighted by atomic mass is 16.3. The number of aromatic nitrogens is 1. The van der Waals surface area contributed by atoms with Crippen LogP contribution in [0.5, 0.6) is 0 Å². The van der Waals surface area contributed by atoms with Crippen LogP contribution in [0, 0.1) is 0 Å². The van der Waals surface area contributed by atoms with E-state index in [0.29, 0.717) is 6.54 Å². The number of urea groups is 1. The summed E-state index contributed by atoms with van der Waals surface area (Å²) in [5.74, 6) is 0.907. The fourth-order valence-electron chi connectivity index (χ4n) is 3.29. The standard InChI is InChI=1S/C19H26N4O2/c1-15(16-7-9-20-10-8-16)22-19(24)21-14-17(18-6-5-13-25-18)23-11-3-2-4-12-23/h5-10,13,15,17H,2-4,11-12,14H2,1H3,(H2,21,22,24)/t15-,17-/m0/s1. The van der Waals surface area contributed by atoms with Gasteiger partial charge in [0.05, 0.1) is 18.3 Å². The lowest BCUT2D eigenvalue weighted by atomic mass is 10.1. The minimum absolute atomic E-state index is 0.0694. The summed E-state index contributed by atoms with van der Waals surface area (Å²) in [5.41, 5.74) is 1.03. The fourth-order valence-corrected chi connectivity index (χ4v) is 3.29. The second-order valence-corrected chi connectivity index (χ2v) is 6.48. The van der Waals surface area contributed by atoms with Crippen molar-refractivity contribution in [3.8, 4) is 0 Å². The SMILES string of the molecule is C[C@H](NC(=O)NC[C@@H](c1ccco1)N1CCCCC1)c1ccncc1. The molecule has 0 aliphatic carbocycles. The highest BCUT2D eigenvalue weighted by Gasteiger charge is 2.25. The van der Waals surface area contributed by atoms with Gasteiger partial charge in [-0.2, -0.15) is 0 Å². The molecule has 2 amide bonds. The van der Waals surface area contributed by atoms with Crippen molar-refractivity contribution >= 4 is 6.03 Å². The molecule has 2 aromatic rings. The van der Waals surface area contributed by atoms with Crippen LogP contribution in [0.2, 0.25) is 0 Å². The number of carbonyl (C=O) groups is 1. The number of rotatable bonds is 6. The lowest BCUT2D eigenvalue weighted by molar-refractivity contribution is 0.143. The highest BCUT2D eigenvalue weighted by Crippen LogP contribution is 2.24. The maximum atomic E-state index is 12.3. The van der Waals surface area contributed by atoms with Crippen molar-refractivity contribution in [2.45, 2.75) is 38.3 Å². The first kappa shape index (κ1) is 17.5. The largest absolute Gasteiger partial charge is 0.468 e. The Balaban J connectivity index is 1.56. The molecule has 6 nitrogen and oxygen atoms in total. The molecule has 1 saturated heterocycles. The summed E-state index contributed by atoms with van der Waals surface area (Å²) in [6.45, 7) is 4.58. The third kappa shape index (κ3) is 4.82. The summed E-state index contributed by atoms with van der Waals surface area (Å²) < 4.78 is 5.61. The zero-order valence-corrected chi connectivity index (χ0v) is 14.6. The first-order valence-corrected chi connectivity index (χ1v) is 8.96. The molecule has 1 fully saturated rings. The summed E-state index contributed by atoms with van der Waals surface area (Å²) in [6.07, 6.45) is 8.82. The van der Waals surface area contributed by atoms with E-state index in [2.05, 4.69) is 20.5 Å². The monoisotopic (exact) mass is 342 g/mol. The van der Waals surface area contributed by atoms with E-state index >= 15 is 0 Å². The van der Waals surface area contributed by atoms with Crippen LogP contribution in [0.4, 0.5) is 4.79 Å². The molecule has 2 atom stereocenters. The fraction of sp³-hybridized carbons (Fsp3) is 0.474. The molecule has 134 valence electrons. The van der Waals surface area contributed by atoms with E-state index in [-0.39, 0.29) is 18.1 Å². The number of hydrogen-bond donors (Lipinski definition) is 2. The van der Waals surface area contributed by atoms with E-state index in [1.807, 2.05) is 31.2 Å². The number of nitrogens with zero attached hydrogens (tertiary/aromatic N) is 2. The first-order valence-electron chi connectivity index (χ1n) is 8.96. The van der Waals surface area contributed by atoms with E-state index in [4.69, 9.17) is 4.42 Å². The number of carbonyl (C=O) groups excluding carboxylic acids is 1. The second kappa shape index (κ2) is 8.67. The summed E-state index contributed by atoms with van der Waals surface area (Å²) in [5, 5.41) is 5.97. The first-order chi connectivity index (χ1) is 12.2. The van der Waals surface area contributed by atoms with Gasteiger partial charge in [0.1, 0.15) is 5.76 Å². The molecular formula is C19H26N4O2. The molecule has 0 aromatic carbocycles. The summed E-state index contributed by atoms with van der Waals surface area (Å²) >= 11 is 0. The molecule has 0 spiro atoms. The third-order valence-electron chi connectivity index (χ3n) is 4.71. The Hall–Kier alpha value is -2.34. The van der Waals surface area contributed by atoms with Gasteiger partial charge in [-0.25, -0.2) is 4.79 Å². The number of hydrogen-bond acceptors (Lipinski definition) is 4. The average molecular weight is 342 g/mol. The van der Waals surface area contributed by atoms with Crippen LogP contribution in [0.15, 0.2) is 47.3 Å². The third-order valence-corrected chi connectivity index (χ3v) is 4.71. The van der Waals surface area contributed by atoms with Crippen molar-refractivity contribution in [1.29, 1.82) is 0 Å². The summed E-state index contributed by atoms with van der Waals surface area (Å²) in [6, 6.07) is 7.54. The number of nitrogens with one attached hydrogen (secondary N) is 2. The Bertz CT molecular complexity index is 639. The van der Waals surface area contributed by atoms with Crippen LogP contribution in [0.1, 0.15) is 49.6 Å². The van der Waals surface area contributed by atoms with Gasteiger partial charge in [0, 0.05) is 18.9 Å². The highest BCUT2D eigenvalue weighted by molar-refractivity contribution is 5.74. The molecule has 0 saturated carbocycles. The van der Waals surface area contributed by atoms with Gasteiger partial charge in [-0.15, -0.1) is 0 Å². The summed E-state index contributed by atoms with van der Waals surface area (Å²) in [7, 11) is 0. The van der Waals surface area contributed by atoms with E-state index in [1.165, 1.54) is 19.3 Å². The maximum Gasteiger partial charge on any atom is 0.315 e. The van der Waals surface area contributed by atoms with Crippen LogP contribution >= 0.6 is 0 Å². The van der Waals surface area contributed by atoms with Gasteiger partial charge in [0.2, 0.25) is 0 Å². The van der Waals surface area contributed by atoms with Gasteiger partial charge in [-0.05, 0) is 62.7 Å². The van der Waals surface area contributed by atoms with Gasteiger partial charge in [0.25, 0.3) is 0 Å². The molecule has 2 aromatic heterocycles. The van der Waals surface area contributed by atoms with Crippen molar-refractivity contribution in [2.24, 2.45) is 0 Å². The number of piperidine rings is 1. The summed E-state index contributed by atoms with van der Waals surface area (Å²) in [4.78, 5) is 18.7. The van der Waals surface area contributed by atoms with Crippen molar-refractivity contribution in [1.82, 2.24) is 20.5 Å². The van der Waals surface area contributed by atoms with Crippen molar-refractivity contribution in [3.63, 3.8) is 0 Å². The molecule has 0 bridgehead atoms. The number of likely N-dealkylation sites (tertiary alicyclic amines) is 1. The molecule has 0 radical (unpaired) electrons. The minimum Gasteiger partial charge on any atom is -0.468 e. The molecule has 0 unspecified atom stereocenters. The van der Waals surface area contributed by atoms with Gasteiger partial charge >= 0.3 is 6.03 Å². The second-order valence-electron chi connectivity index (χ2n) is 6.48. The molecule has 25 heavy (non-hydrogen) atoms. The van der Waals surface area contributed by atoms with E-state index < -0.39 is 0 Å². The Kier molecular flexibility index (Phi) is 6.06. The van der Waals surface area contributed by atoms with Crippen LogP contribution in [0.25, 0.3) is 0 Å². The smallest absolute Gasteiger partial charge is 0.315 e. The van der Waals surface area contributed by atoms with E-state index in [9.17, 15) is 4.79 Å². The van der Waals surface area contributed by atoms with Gasteiger partial charge in [-0.1, -0.05) is 6.42 Å². The predicted molar refractivity (Wildman–Crippen MR) is 96.1 cm³/mol. The topological polar surface area (TPSA) is 70.4 Å². The molecule has 6 heteroatoms. The minimum atomic E-state index is -0.169. The normalized spacial score (nSPS) is 17.6. The van der Waals surface area contributed by atoms with Crippen LogP contribution < -0.4 is 10.6 Å². The predicted octanol–water partition coefficient (Wildman–Crippen LogP) is 3.26. The molecular weight excluding hydrogens is 316 g/mol. The molecule has 3 rings (SSSR count). The van der Waals surface area contributed by atoms with Crippen molar-refractivity contribution in [2.75, 3.05) is 19.6 Å². The lowest BCUT2D eigenvalue weighted by Crippen LogP contribution is -2.44. The molecule has 1 aliphatic heterocycles. The zero-order chi connectivity index (χ0) is 17.5. The van der Waals surface area contributed by atoms with E-state index in [1.54, 1.807) is 18.7 Å². The number of pyridine rings is 1. The molecule has 1 aliphatic rings. The Morgan fingerprint density at radius 1 is 1.24 bits per heavy atom. The average Bonchev–Trinajstić information content (AvgIpc) is 3.18. The maximum absolute atomic E-state index is 12.3. The van der Waals surface area contributed by atoms with Crippen LogP contribution in [0.3, 0.4) is 0 Å². The zero-order valence-electron chi connectivity index (χ0n) is 14.6. The van der Waals surface area contributed by atoms with Crippen LogP contribution in [-0.2, 0) is 0 Å². The Morgan fingerprint density at radius 2 is 2.00 bits per heavy atom.